The Morgan fingerprint density at radius 1 is 0.486 bits per heavy atom. The van der Waals surface area contributed by atoms with Crippen LogP contribution in [0.15, 0.2) is 34.3 Å². The van der Waals surface area contributed by atoms with Gasteiger partial charge in [0.25, 0.3) is 11.1 Å². The molecule has 0 aliphatic heterocycles. The van der Waals surface area contributed by atoms with Crippen molar-refractivity contribution in [2.24, 2.45) is 5.73 Å². The maximum atomic E-state index is 11.2. The Kier molecular flexibility index (Phi) is 39.7. The molecule has 6 heterocycles. The summed E-state index contributed by atoms with van der Waals surface area (Å²) in [5, 5.41) is 15.4. The van der Waals surface area contributed by atoms with Crippen LogP contribution in [-0.2, 0) is 28.5 Å². The van der Waals surface area contributed by atoms with E-state index in [0.717, 1.165) is 24.0 Å². The van der Waals surface area contributed by atoms with Crippen molar-refractivity contribution < 1.29 is 29.2 Å². The van der Waals surface area contributed by atoms with Gasteiger partial charge in [0, 0.05) is 49.6 Å². The van der Waals surface area contributed by atoms with Gasteiger partial charge in [0.2, 0.25) is 9.23 Å². The molecule has 0 unspecified atom stereocenters. The number of rotatable bonds is 33. The lowest BCUT2D eigenvalue weighted by molar-refractivity contribution is 0.0701. The Balaban J connectivity index is 0.000000513. The summed E-state index contributed by atoms with van der Waals surface area (Å²) in [6, 6.07) is 5.68. The number of aryl methyl sites for hydroxylation is 3. The van der Waals surface area contributed by atoms with Gasteiger partial charge in [-0.15, -0.1) is 68.0 Å². The number of hydrogen-bond acceptors (Lipinski definition) is 11. The summed E-state index contributed by atoms with van der Waals surface area (Å²) >= 11 is 15.2. The number of hydrogen-bond donors (Lipinski definition) is 3. The zero-order valence-electron chi connectivity index (χ0n) is 43.0. The van der Waals surface area contributed by atoms with Crippen LogP contribution >= 0.6 is 101 Å². The summed E-state index contributed by atoms with van der Waals surface area (Å²) in [4.78, 5) is 35.3. The predicted molar refractivity (Wildman–Crippen MR) is 326 cm³/mol. The molecule has 18 heteroatoms. The monoisotopic (exact) mass is 1180 g/mol. The largest absolute Gasteiger partial charge is 0.477 e. The Bertz CT molecular complexity index is 2130. The molecule has 0 spiro atoms. The topological polar surface area (TPSA) is 181 Å². The highest BCUT2D eigenvalue weighted by Crippen LogP contribution is 2.37. The normalized spacial score (nSPS) is 10.9. The van der Waals surface area contributed by atoms with Gasteiger partial charge in [0.15, 0.2) is 0 Å². The molecule has 0 saturated carbocycles. The molecule has 6 aromatic heterocycles. The van der Waals surface area contributed by atoms with E-state index in [1.54, 1.807) is 56.7 Å². The van der Waals surface area contributed by atoms with E-state index in [1.807, 2.05) is 18.2 Å². The number of nitrogens with two attached hydrogens (primary N) is 1. The van der Waals surface area contributed by atoms with Crippen molar-refractivity contribution in [2.75, 3.05) is 0 Å². The molecule has 0 aromatic carbocycles. The third kappa shape index (κ3) is 27.5. The SMILES string of the molecule is CCCCCCCCCCCc1csc2cc(C(=O)Cl)sc12.CCCCCCCCCCCc1csc2cc(C(=O)O)sc12.CCCCCCCCCCCc1csc2cc(C(N)=O)sc12.N.O.O=S(Cl)Cl. The van der Waals surface area contributed by atoms with Crippen molar-refractivity contribution >= 4 is 156 Å². The number of amides is 1. The molecule has 408 valence electrons. The molecule has 8 nitrogen and oxygen atoms in total. The lowest BCUT2D eigenvalue weighted by Gasteiger charge is -2.01. The number of fused-ring (bicyclic) bond motifs is 3. The van der Waals surface area contributed by atoms with Gasteiger partial charge in [-0.3, -0.25) is 9.59 Å². The van der Waals surface area contributed by atoms with Crippen molar-refractivity contribution in [3.05, 3.63) is 65.7 Å². The van der Waals surface area contributed by atoms with E-state index in [0.29, 0.717) is 14.6 Å². The number of aromatic carboxylic acids is 1. The van der Waals surface area contributed by atoms with Gasteiger partial charge in [0.05, 0.1) is 9.75 Å². The lowest BCUT2D eigenvalue weighted by Crippen LogP contribution is -2.08. The number of carbonyl (C=O) groups excluding carboxylic acids is 2. The summed E-state index contributed by atoms with van der Waals surface area (Å²) in [6.07, 6.45) is 39.9. The van der Waals surface area contributed by atoms with Crippen LogP contribution in [0.3, 0.4) is 0 Å². The average Bonchev–Trinajstić information content (AvgIpc) is 4.19. The second kappa shape index (κ2) is 41.7. The van der Waals surface area contributed by atoms with Crippen LogP contribution < -0.4 is 11.9 Å². The van der Waals surface area contributed by atoms with Gasteiger partial charge >= 0.3 is 5.97 Å². The van der Waals surface area contributed by atoms with Crippen molar-refractivity contribution in [2.45, 2.75) is 213 Å². The van der Waals surface area contributed by atoms with Gasteiger partial charge in [-0.05, 0) is 101 Å². The van der Waals surface area contributed by atoms with Crippen molar-refractivity contribution in [1.82, 2.24) is 6.15 Å². The van der Waals surface area contributed by atoms with E-state index in [4.69, 9.17) is 26.7 Å². The molecular weight excluding hydrogens is 1100 g/mol. The van der Waals surface area contributed by atoms with Crippen molar-refractivity contribution in [3.8, 4) is 0 Å². The van der Waals surface area contributed by atoms with E-state index in [1.165, 1.54) is 225 Å². The van der Waals surface area contributed by atoms with E-state index >= 15 is 0 Å². The van der Waals surface area contributed by atoms with Gasteiger partial charge < -0.3 is 22.5 Å². The molecule has 0 atom stereocenters. The number of carbonyl (C=O) groups is 3. The van der Waals surface area contributed by atoms with Crippen molar-refractivity contribution in [3.63, 3.8) is 0 Å². The predicted octanol–water partition coefficient (Wildman–Crippen LogP) is 20.7. The first-order chi connectivity index (χ1) is 33.9. The van der Waals surface area contributed by atoms with Crippen LogP contribution in [0.1, 0.15) is 240 Å². The highest BCUT2D eigenvalue weighted by atomic mass is 36.0. The first-order valence-electron chi connectivity index (χ1n) is 25.9. The molecule has 0 bridgehead atoms. The van der Waals surface area contributed by atoms with Crippen LogP contribution in [0.5, 0.6) is 0 Å². The molecular formula is C54H83Cl3N2O6S7. The Morgan fingerprint density at radius 3 is 1.01 bits per heavy atom. The van der Waals surface area contributed by atoms with Crippen LogP contribution in [0.4, 0.5) is 0 Å². The van der Waals surface area contributed by atoms with Crippen LogP contribution in [-0.4, -0.2) is 31.9 Å². The second-order valence-electron chi connectivity index (χ2n) is 18.1. The Labute approximate surface area is 471 Å². The fraction of sp³-hybridized carbons (Fsp3) is 0.611. The fourth-order valence-corrected chi connectivity index (χ4v) is 15.4. The second-order valence-corrected chi connectivity index (χ2v) is 26.8. The van der Waals surface area contributed by atoms with E-state index in [2.05, 4.69) is 58.3 Å². The quantitative estimate of drug-likeness (QED) is 0.0272. The molecule has 6 rings (SSSR count). The van der Waals surface area contributed by atoms with Gasteiger partial charge in [-0.1, -0.05) is 175 Å². The first-order valence-corrected chi connectivity index (χ1v) is 34.1. The molecule has 6 aromatic rings. The molecule has 0 aliphatic carbocycles. The number of unbranched alkanes of at least 4 members (excludes halogenated alkanes) is 24. The Morgan fingerprint density at radius 2 is 0.736 bits per heavy atom. The van der Waals surface area contributed by atoms with Gasteiger partial charge in [-0.2, -0.15) is 0 Å². The fourth-order valence-electron chi connectivity index (χ4n) is 8.34. The maximum Gasteiger partial charge on any atom is 0.345 e. The van der Waals surface area contributed by atoms with E-state index in [-0.39, 0.29) is 22.8 Å². The number of thiophene rings is 6. The van der Waals surface area contributed by atoms with Crippen LogP contribution in [0.25, 0.3) is 28.2 Å². The number of primary amides is 1. The summed E-state index contributed by atoms with van der Waals surface area (Å²) in [6.45, 7) is 6.79. The highest BCUT2D eigenvalue weighted by molar-refractivity contribution is 8.26. The summed E-state index contributed by atoms with van der Waals surface area (Å²) in [7, 11) is 7.36. The number of halogens is 3. The molecule has 0 radical (unpaired) electrons. The van der Waals surface area contributed by atoms with Gasteiger partial charge in [0.1, 0.15) is 4.88 Å². The minimum atomic E-state index is -1.67. The molecule has 0 saturated heterocycles. The molecule has 1 amide bonds. The minimum absolute atomic E-state index is 0. The molecule has 8 N–H and O–H groups in total. The molecule has 0 aliphatic rings. The van der Waals surface area contributed by atoms with Crippen molar-refractivity contribution in [1.29, 1.82) is 0 Å². The Hall–Kier alpha value is -1.47. The zero-order chi connectivity index (χ0) is 50.9. The third-order valence-electron chi connectivity index (χ3n) is 12.2. The standard InChI is InChI=1S/C18H25ClOS2.C18H27NOS2.C18H26O2S2.Cl2OS.H3N.H2O/c3*1-2-3-4-5-6-7-8-9-10-11-14-13-21-15-12-16(18(19)20)22-17(14)15;1-4(2)3;;/h12-13H,2-11H2,1H3;12-13H,2-11H2,1H3,(H2,19,20);12-13H,2-11H2,1H3,(H,19,20);;1H3;1H2. The smallest absolute Gasteiger partial charge is 0.345 e. The first kappa shape index (κ1) is 68.5. The van der Waals surface area contributed by atoms with E-state index in [9.17, 15) is 14.4 Å². The van der Waals surface area contributed by atoms with E-state index < -0.39 is 15.2 Å². The summed E-state index contributed by atoms with van der Waals surface area (Å²) in [5.74, 6) is -1.11. The average molecular weight is 1190 g/mol. The number of carboxylic acid groups (broad SMARTS) is 1. The summed E-state index contributed by atoms with van der Waals surface area (Å²) in [5.41, 5.74) is 9.51. The molecule has 72 heavy (non-hydrogen) atoms. The van der Waals surface area contributed by atoms with Crippen LogP contribution in [0.2, 0.25) is 0 Å². The lowest BCUT2D eigenvalue weighted by atomic mass is 10.1. The van der Waals surface area contributed by atoms with Crippen LogP contribution in [0, 0.1) is 0 Å². The van der Waals surface area contributed by atoms with Gasteiger partial charge in [-0.25, -0.2) is 9.00 Å². The highest BCUT2D eigenvalue weighted by Gasteiger charge is 2.15. The molecule has 0 fully saturated rings. The zero-order valence-corrected chi connectivity index (χ0v) is 51.0. The number of carboxylic acids is 1. The maximum absolute atomic E-state index is 11.2. The summed E-state index contributed by atoms with van der Waals surface area (Å²) < 4.78 is 16.4. The minimum Gasteiger partial charge on any atom is -0.477 e. The third-order valence-corrected chi connectivity index (χ3v) is 19.5.